The Bertz CT molecular complexity index is 933. The second-order valence-corrected chi connectivity index (χ2v) is 5.62. The van der Waals surface area contributed by atoms with Gasteiger partial charge in [0.1, 0.15) is 6.61 Å². The first-order valence-corrected chi connectivity index (χ1v) is 7.35. The molecule has 2 aromatic carbocycles. The van der Waals surface area contributed by atoms with Crippen LogP contribution in [0.25, 0.3) is 16.9 Å². The molecule has 6 heteroatoms. The Hall–Kier alpha value is -2.79. The van der Waals surface area contributed by atoms with Crippen molar-refractivity contribution >= 4 is 17.6 Å². The molecule has 0 aliphatic carbocycles. The monoisotopic (exact) mass is 326 g/mol. The number of ether oxygens (including phenoxy) is 1. The molecule has 0 amide bonds. The van der Waals surface area contributed by atoms with Gasteiger partial charge < -0.3 is 9.84 Å². The van der Waals surface area contributed by atoms with E-state index in [9.17, 15) is 9.90 Å². The standard InChI is InChI=1S/C17H11ClN2O3/c18-11-4-1-3-10(7-11)14-8-16-20(19-14)15-6-2-5-12(17(21)22)13(15)9-23-16/h1-8H,9H2,(H,21,22). The number of fused-ring (bicyclic) bond motifs is 3. The molecule has 1 aromatic heterocycles. The van der Waals surface area contributed by atoms with E-state index in [1.165, 1.54) is 0 Å². The fourth-order valence-corrected chi connectivity index (χ4v) is 2.89. The Morgan fingerprint density at radius 3 is 2.83 bits per heavy atom. The van der Waals surface area contributed by atoms with Gasteiger partial charge in [0.05, 0.1) is 16.9 Å². The predicted octanol–water partition coefficient (Wildman–Crippen LogP) is 3.78. The molecule has 0 fully saturated rings. The summed E-state index contributed by atoms with van der Waals surface area (Å²) >= 11 is 6.03. The maximum atomic E-state index is 11.3. The van der Waals surface area contributed by atoms with Gasteiger partial charge in [-0.2, -0.15) is 5.10 Å². The van der Waals surface area contributed by atoms with Gasteiger partial charge in [0, 0.05) is 22.2 Å². The Morgan fingerprint density at radius 2 is 2.04 bits per heavy atom. The zero-order valence-corrected chi connectivity index (χ0v) is 12.6. The lowest BCUT2D eigenvalue weighted by Gasteiger charge is -2.20. The second kappa shape index (κ2) is 5.14. The highest BCUT2D eigenvalue weighted by Crippen LogP contribution is 2.33. The second-order valence-electron chi connectivity index (χ2n) is 5.19. The summed E-state index contributed by atoms with van der Waals surface area (Å²) in [6, 6.07) is 14.3. The van der Waals surface area contributed by atoms with Crippen molar-refractivity contribution in [3.8, 4) is 22.8 Å². The Balaban J connectivity index is 1.87. The SMILES string of the molecule is O=C(O)c1cccc2c1COc1cc(-c3cccc(Cl)c3)nn1-2. The van der Waals surface area contributed by atoms with Crippen LogP contribution < -0.4 is 4.74 Å². The molecule has 1 N–H and O–H groups in total. The highest BCUT2D eigenvalue weighted by atomic mass is 35.5. The molecule has 1 aliphatic heterocycles. The summed E-state index contributed by atoms with van der Waals surface area (Å²) in [7, 11) is 0. The molecule has 5 nitrogen and oxygen atoms in total. The molecule has 2 heterocycles. The first kappa shape index (κ1) is 13.8. The van der Waals surface area contributed by atoms with Gasteiger partial charge in [-0.1, -0.05) is 29.8 Å². The van der Waals surface area contributed by atoms with E-state index in [-0.39, 0.29) is 12.2 Å². The topological polar surface area (TPSA) is 64.3 Å². The number of aromatic nitrogens is 2. The molecule has 0 saturated carbocycles. The number of nitrogens with zero attached hydrogens (tertiary/aromatic N) is 2. The Kier molecular flexibility index (Phi) is 3.09. The molecular weight excluding hydrogens is 316 g/mol. The number of halogens is 1. The third-order valence-electron chi connectivity index (χ3n) is 3.77. The summed E-state index contributed by atoms with van der Waals surface area (Å²) < 4.78 is 7.30. The van der Waals surface area contributed by atoms with Crippen LogP contribution in [0.1, 0.15) is 15.9 Å². The van der Waals surface area contributed by atoms with E-state index in [0.29, 0.717) is 16.5 Å². The molecule has 0 radical (unpaired) electrons. The van der Waals surface area contributed by atoms with E-state index in [1.807, 2.05) is 30.3 Å². The van der Waals surface area contributed by atoms with Crippen LogP contribution in [-0.4, -0.2) is 20.9 Å². The third-order valence-corrected chi connectivity index (χ3v) is 4.01. The van der Waals surface area contributed by atoms with Gasteiger partial charge in [-0.05, 0) is 24.3 Å². The summed E-state index contributed by atoms with van der Waals surface area (Å²) in [5, 5.41) is 14.5. The first-order valence-electron chi connectivity index (χ1n) is 6.98. The molecule has 0 atom stereocenters. The number of carboxylic acid groups (broad SMARTS) is 1. The van der Waals surface area contributed by atoms with Gasteiger partial charge in [0.2, 0.25) is 5.88 Å². The molecular formula is C17H11ClN2O3. The minimum Gasteiger partial charge on any atom is -0.478 e. The molecule has 3 aromatic rings. The van der Waals surface area contributed by atoms with E-state index in [4.69, 9.17) is 16.3 Å². The van der Waals surface area contributed by atoms with Crippen LogP contribution in [0.3, 0.4) is 0 Å². The van der Waals surface area contributed by atoms with E-state index in [0.717, 1.165) is 16.9 Å². The minimum atomic E-state index is -0.976. The van der Waals surface area contributed by atoms with Crippen LogP contribution in [0, 0.1) is 0 Å². The zero-order valence-electron chi connectivity index (χ0n) is 11.9. The number of aromatic carboxylic acids is 1. The molecule has 1 aliphatic rings. The van der Waals surface area contributed by atoms with Crippen molar-refractivity contribution in [2.75, 3.05) is 0 Å². The summed E-state index contributed by atoms with van der Waals surface area (Å²) in [5.41, 5.74) is 3.16. The van der Waals surface area contributed by atoms with Crippen molar-refractivity contribution in [3.05, 3.63) is 64.7 Å². The van der Waals surface area contributed by atoms with Crippen LogP contribution >= 0.6 is 11.6 Å². The van der Waals surface area contributed by atoms with E-state index in [1.54, 1.807) is 22.9 Å². The summed E-state index contributed by atoms with van der Waals surface area (Å²) in [5.74, 6) is -0.397. The van der Waals surface area contributed by atoms with E-state index >= 15 is 0 Å². The highest BCUT2D eigenvalue weighted by molar-refractivity contribution is 6.30. The average Bonchev–Trinajstić information content (AvgIpc) is 2.98. The maximum absolute atomic E-state index is 11.3. The minimum absolute atomic E-state index is 0.207. The molecule has 23 heavy (non-hydrogen) atoms. The van der Waals surface area contributed by atoms with Crippen LogP contribution in [0.15, 0.2) is 48.5 Å². The lowest BCUT2D eigenvalue weighted by atomic mass is 10.1. The normalized spacial score (nSPS) is 12.2. The average molecular weight is 327 g/mol. The predicted molar refractivity (Wildman–Crippen MR) is 85.3 cm³/mol. The van der Waals surface area contributed by atoms with Crippen molar-refractivity contribution in [1.82, 2.24) is 9.78 Å². The quantitative estimate of drug-likeness (QED) is 0.778. The summed E-state index contributed by atoms with van der Waals surface area (Å²) in [6.07, 6.45) is 0. The van der Waals surface area contributed by atoms with Crippen LogP contribution in [0.5, 0.6) is 5.88 Å². The summed E-state index contributed by atoms with van der Waals surface area (Å²) in [6.45, 7) is 0.207. The number of benzene rings is 2. The number of hydrogen-bond donors (Lipinski definition) is 1. The fraction of sp³-hybridized carbons (Fsp3) is 0.0588. The van der Waals surface area contributed by atoms with Crippen molar-refractivity contribution in [1.29, 1.82) is 0 Å². The smallest absolute Gasteiger partial charge is 0.336 e. The van der Waals surface area contributed by atoms with Crippen molar-refractivity contribution < 1.29 is 14.6 Å². The molecule has 4 rings (SSSR count). The van der Waals surface area contributed by atoms with Gasteiger partial charge >= 0.3 is 5.97 Å². The van der Waals surface area contributed by atoms with Crippen molar-refractivity contribution in [2.24, 2.45) is 0 Å². The zero-order chi connectivity index (χ0) is 16.0. The number of hydrogen-bond acceptors (Lipinski definition) is 3. The molecule has 114 valence electrons. The van der Waals surface area contributed by atoms with Crippen LogP contribution in [0.2, 0.25) is 5.02 Å². The first-order chi connectivity index (χ1) is 11.1. The number of carbonyl (C=O) groups is 1. The largest absolute Gasteiger partial charge is 0.478 e. The van der Waals surface area contributed by atoms with Gasteiger partial charge in [0.25, 0.3) is 0 Å². The highest BCUT2D eigenvalue weighted by Gasteiger charge is 2.24. The van der Waals surface area contributed by atoms with E-state index in [2.05, 4.69) is 5.10 Å². The van der Waals surface area contributed by atoms with Crippen LogP contribution in [-0.2, 0) is 6.61 Å². The fourth-order valence-electron chi connectivity index (χ4n) is 2.70. The lowest BCUT2D eigenvalue weighted by Crippen LogP contribution is -2.16. The Morgan fingerprint density at radius 1 is 1.22 bits per heavy atom. The lowest BCUT2D eigenvalue weighted by molar-refractivity contribution is 0.0693. The van der Waals surface area contributed by atoms with Crippen LogP contribution in [0.4, 0.5) is 0 Å². The van der Waals surface area contributed by atoms with E-state index < -0.39 is 5.97 Å². The maximum Gasteiger partial charge on any atom is 0.336 e. The van der Waals surface area contributed by atoms with Gasteiger partial charge in [-0.3, -0.25) is 0 Å². The third kappa shape index (κ3) is 2.26. The van der Waals surface area contributed by atoms with Crippen molar-refractivity contribution in [3.63, 3.8) is 0 Å². The number of carboxylic acids is 1. The molecule has 0 unspecified atom stereocenters. The number of rotatable bonds is 2. The van der Waals surface area contributed by atoms with Gasteiger partial charge in [-0.25, -0.2) is 9.48 Å². The summed E-state index contributed by atoms with van der Waals surface area (Å²) in [4.78, 5) is 11.3. The van der Waals surface area contributed by atoms with Gasteiger partial charge in [0.15, 0.2) is 0 Å². The van der Waals surface area contributed by atoms with Crippen molar-refractivity contribution in [2.45, 2.75) is 6.61 Å². The molecule has 0 bridgehead atoms. The molecule has 0 spiro atoms. The molecule has 0 saturated heterocycles. The van der Waals surface area contributed by atoms with Gasteiger partial charge in [-0.15, -0.1) is 0 Å². The Labute approximate surface area is 136 Å².